The van der Waals surface area contributed by atoms with Crippen LogP contribution < -0.4 is 5.32 Å². The van der Waals surface area contributed by atoms with Crippen LogP contribution >= 0.6 is 0 Å². The average molecular weight is 361 g/mol. The molecule has 9 heteroatoms. The van der Waals surface area contributed by atoms with Crippen molar-refractivity contribution in [3.05, 3.63) is 65.4 Å². The van der Waals surface area contributed by atoms with Gasteiger partial charge in [0.05, 0.1) is 23.1 Å². The van der Waals surface area contributed by atoms with Crippen molar-refractivity contribution in [3.63, 3.8) is 0 Å². The lowest BCUT2D eigenvalue weighted by atomic mass is 10.2. The summed E-state index contributed by atoms with van der Waals surface area (Å²) in [5, 5.41) is 6.88. The number of pyridine rings is 2. The number of halogens is 3. The van der Waals surface area contributed by atoms with Crippen molar-refractivity contribution in [1.82, 2.24) is 19.7 Å². The zero-order chi connectivity index (χ0) is 18.9. The second kappa shape index (κ2) is 6.58. The molecule has 0 fully saturated rings. The molecule has 0 aliphatic carbocycles. The van der Waals surface area contributed by atoms with Gasteiger partial charge in [0.15, 0.2) is 5.82 Å². The fraction of sp³-hybridized carbons (Fsp3) is 0.176. The minimum Gasteiger partial charge on any atom is -0.321 e. The summed E-state index contributed by atoms with van der Waals surface area (Å²) >= 11 is 0. The molecule has 0 bridgehead atoms. The maximum atomic E-state index is 12.5. The Kier molecular flexibility index (Phi) is 4.45. The molecule has 26 heavy (non-hydrogen) atoms. The van der Waals surface area contributed by atoms with E-state index in [1.54, 1.807) is 16.8 Å². The quantitative estimate of drug-likeness (QED) is 0.774. The highest BCUT2D eigenvalue weighted by atomic mass is 19.4. The van der Waals surface area contributed by atoms with Crippen molar-refractivity contribution in [2.45, 2.75) is 20.0 Å². The number of rotatable bonds is 3. The number of hydrogen-bond donors (Lipinski definition) is 1. The summed E-state index contributed by atoms with van der Waals surface area (Å²) in [5.41, 5.74) is 1.14. The number of amides is 1. The lowest BCUT2D eigenvalue weighted by Gasteiger charge is -2.08. The van der Waals surface area contributed by atoms with Gasteiger partial charge in [0.2, 0.25) is 0 Å². The molecule has 134 valence electrons. The SMILES string of the molecule is Cc1cc(C)n(-c2ccc(NC(=O)c3ccc(C(F)(F)F)nc3)cn2)n1. The van der Waals surface area contributed by atoms with E-state index in [9.17, 15) is 18.0 Å². The molecule has 0 saturated heterocycles. The van der Waals surface area contributed by atoms with Gasteiger partial charge in [-0.1, -0.05) is 0 Å². The number of carbonyl (C=O) groups is 1. The third-order valence-electron chi connectivity index (χ3n) is 3.55. The molecule has 0 aromatic carbocycles. The molecule has 0 unspecified atom stereocenters. The van der Waals surface area contributed by atoms with Crippen molar-refractivity contribution in [1.29, 1.82) is 0 Å². The van der Waals surface area contributed by atoms with Crippen LogP contribution in [0.1, 0.15) is 27.4 Å². The fourth-order valence-electron chi connectivity index (χ4n) is 2.35. The van der Waals surface area contributed by atoms with Gasteiger partial charge in [0.1, 0.15) is 5.69 Å². The first kappa shape index (κ1) is 17.6. The largest absolute Gasteiger partial charge is 0.433 e. The number of anilines is 1. The number of alkyl halides is 3. The molecule has 0 saturated carbocycles. The zero-order valence-electron chi connectivity index (χ0n) is 13.9. The van der Waals surface area contributed by atoms with Crippen LogP contribution in [0.3, 0.4) is 0 Å². The monoisotopic (exact) mass is 361 g/mol. The molecular formula is C17H14F3N5O. The first-order valence-corrected chi connectivity index (χ1v) is 7.58. The summed E-state index contributed by atoms with van der Waals surface area (Å²) in [6.07, 6.45) is -2.21. The fourth-order valence-corrected chi connectivity index (χ4v) is 2.35. The molecule has 1 amide bonds. The number of hydrogen-bond acceptors (Lipinski definition) is 4. The third kappa shape index (κ3) is 3.71. The smallest absolute Gasteiger partial charge is 0.321 e. The molecule has 0 spiro atoms. The molecule has 3 aromatic heterocycles. The van der Waals surface area contributed by atoms with Gasteiger partial charge in [-0.25, -0.2) is 9.67 Å². The van der Waals surface area contributed by atoms with Gasteiger partial charge in [0.25, 0.3) is 5.91 Å². The molecular weight excluding hydrogens is 347 g/mol. The van der Waals surface area contributed by atoms with Crippen molar-refractivity contribution in [2.75, 3.05) is 5.32 Å². The van der Waals surface area contributed by atoms with Crippen LogP contribution in [0.25, 0.3) is 5.82 Å². The standard InChI is InChI=1S/C17H14F3N5O/c1-10-7-11(2)25(24-10)15-6-4-13(9-22-15)23-16(26)12-3-5-14(21-8-12)17(18,19)20/h3-9H,1-2H3,(H,23,26). The normalized spacial score (nSPS) is 11.4. The Morgan fingerprint density at radius 2 is 1.85 bits per heavy atom. The lowest BCUT2D eigenvalue weighted by Crippen LogP contribution is -2.14. The van der Waals surface area contributed by atoms with Gasteiger partial charge >= 0.3 is 6.18 Å². The molecule has 1 N–H and O–H groups in total. The van der Waals surface area contributed by atoms with Crippen LogP contribution in [0, 0.1) is 13.8 Å². The second-order valence-corrected chi connectivity index (χ2v) is 5.63. The maximum absolute atomic E-state index is 12.5. The number of nitrogens with zero attached hydrogens (tertiary/aromatic N) is 4. The number of nitrogens with one attached hydrogen (secondary N) is 1. The van der Waals surface area contributed by atoms with E-state index in [-0.39, 0.29) is 5.56 Å². The first-order chi connectivity index (χ1) is 12.2. The van der Waals surface area contributed by atoms with E-state index in [4.69, 9.17) is 0 Å². The number of aromatic nitrogens is 4. The van der Waals surface area contributed by atoms with Crippen molar-refractivity contribution < 1.29 is 18.0 Å². The predicted molar refractivity (Wildman–Crippen MR) is 88.0 cm³/mol. The molecule has 3 aromatic rings. The van der Waals surface area contributed by atoms with E-state index >= 15 is 0 Å². The van der Waals surface area contributed by atoms with Crippen LogP contribution in [-0.2, 0) is 6.18 Å². The summed E-state index contributed by atoms with van der Waals surface area (Å²) in [7, 11) is 0. The van der Waals surface area contributed by atoms with E-state index < -0.39 is 17.8 Å². The minimum atomic E-state index is -4.54. The molecule has 3 rings (SSSR count). The van der Waals surface area contributed by atoms with Crippen molar-refractivity contribution in [2.24, 2.45) is 0 Å². The van der Waals surface area contributed by atoms with E-state index in [2.05, 4.69) is 20.4 Å². The average Bonchev–Trinajstić information content (AvgIpc) is 2.93. The summed E-state index contributed by atoms with van der Waals surface area (Å²) in [6, 6.07) is 7.06. The molecule has 6 nitrogen and oxygen atoms in total. The van der Waals surface area contributed by atoms with Crippen LogP contribution in [0.4, 0.5) is 18.9 Å². The Labute approximate surface area is 146 Å². The Morgan fingerprint density at radius 1 is 1.08 bits per heavy atom. The highest BCUT2D eigenvalue weighted by molar-refractivity contribution is 6.03. The number of carbonyl (C=O) groups excluding carboxylic acids is 1. The Bertz CT molecular complexity index is 931. The topological polar surface area (TPSA) is 72.7 Å². The highest BCUT2D eigenvalue weighted by Gasteiger charge is 2.32. The summed E-state index contributed by atoms with van der Waals surface area (Å²) < 4.78 is 39.2. The predicted octanol–water partition coefficient (Wildman–Crippen LogP) is 3.55. The maximum Gasteiger partial charge on any atom is 0.433 e. The second-order valence-electron chi connectivity index (χ2n) is 5.63. The Hall–Kier alpha value is -3.23. The number of aryl methyl sites for hydroxylation is 2. The molecule has 0 radical (unpaired) electrons. The van der Waals surface area contributed by atoms with Crippen LogP contribution in [-0.4, -0.2) is 25.7 Å². The van der Waals surface area contributed by atoms with Gasteiger partial charge in [0, 0.05) is 11.9 Å². The van der Waals surface area contributed by atoms with E-state index in [1.807, 2.05) is 19.9 Å². The molecule has 0 atom stereocenters. The van der Waals surface area contributed by atoms with Crippen molar-refractivity contribution in [3.8, 4) is 5.82 Å². The van der Waals surface area contributed by atoms with E-state index in [1.165, 1.54) is 6.20 Å². The van der Waals surface area contributed by atoms with Crippen LogP contribution in [0.2, 0.25) is 0 Å². The van der Waals surface area contributed by atoms with Gasteiger partial charge in [-0.05, 0) is 44.2 Å². The van der Waals surface area contributed by atoms with Crippen LogP contribution in [0.15, 0.2) is 42.7 Å². The van der Waals surface area contributed by atoms with E-state index in [0.717, 1.165) is 29.7 Å². The summed E-state index contributed by atoms with van der Waals surface area (Å²) in [4.78, 5) is 19.6. The van der Waals surface area contributed by atoms with Gasteiger partial charge < -0.3 is 5.32 Å². The molecule has 0 aliphatic rings. The van der Waals surface area contributed by atoms with Crippen molar-refractivity contribution >= 4 is 11.6 Å². The van der Waals surface area contributed by atoms with Gasteiger partial charge in [-0.2, -0.15) is 18.3 Å². The third-order valence-corrected chi connectivity index (χ3v) is 3.55. The Morgan fingerprint density at radius 3 is 2.35 bits per heavy atom. The van der Waals surface area contributed by atoms with E-state index in [0.29, 0.717) is 11.5 Å². The van der Waals surface area contributed by atoms with Gasteiger partial charge in [-0.15, -0.1) is 0 Å². The van der Waals surface area contributed by atoms with Gasteiger partial charge in [-0.3, -0.25) is 9.78 Å². The molecule has 3 heterocycles. The minimum absolute atomic E-state index is 0.0145. The first-order valence-electron chi connectivity index (χ1n) is 7.58. The summed E-state index contributed by atoms with van der Waals surface area (Å²) in [5.74, 6) is 0.0108. The summed E-state index contributed by atoms with van der Waals surface area (Å²) in [6.45, 7) is 3.77. The zero-order valence-corrected chi connectivity index (χ0v) is 13.9. The highest BCUT2D eigenvalue weighted by Crippen LogP contribution is 2.27. The Balaban J connectivity index is 1.73. The van der Waals surface area contributed by atoms with Crippen LogP contribution in [0.5, 0.6) is 0 Å². The molecule has 0 aliphatic heterocycles. The lowest BCUT2D eigenvalue weighted by molar-refractivity contribution is -0.141.